The molecule has 0 bridgehead atoms. The van der Waals surface area contributed by atoms with Gasteiger partial charge in [-0.05, 0) is 24.3 Å². The zero-order valence-electron chi connectivity index (χ0n) is 9.01. The molecule has 92 valence electrons. The summed E-state index contributed by atoms with van der Waals surface area (Å²) in [4.78, 5) is 0. The van der Waals surface area contributed by atoms with Gasteiger partial charge in [-0.15, -0.1) is 0 Å². The molecule has 0 fully saturated rings. The van der Waals surface area contributed by atoms with Crippen molar-refractivity contribution in [1.82, 2.24) is 0 Å². The van der Waals surface area contributed by atoms with Crippen LogP contribution in [0.1, 0.15) is 11.5 Å². The van der Waals surface area contributed by atoms with Crippen LogP contribution in [-0.2, 0) is 6.54 Å². The van der Waals surface area contributed by atoms with Gasteiger partial charge in [0, 0.05) is 4.47 Å². The van der Waals surface area contributed by atoms with Gasteiger partial charge in [0.2, 0.25) is 5.76 Å². The Kier molecular flexibility index (Phi) is 3.63. The zero-order valence-corrected chi connectivity index (χ0v) is 10.6. The highest BCUT2D eigenvalue weighted by Crippen LogP contribution is 2.24. The maximum atomic E-state index is 13.5. The van der Waals surface area contributed by atoms with Crippen molar-refractivity contribution in [1.29, 1.82) is 5.26 Å². The zero-order chi connectivity index (χ0) is 13.1. The molecule has 0 amide bonds. The third kappa shape index (κ3) is 2.68. The lowest BCUT2D eigenvalue weighted by Gasteiger charge is -2.07. The Bertz CT molecular complexity index is 596. The molecule has 3 nitrogen and oxygen atoms in total. The molecule has 0 saturated carbocycles. The summed E-state index contributed by atoms with van der Waals surface area (Å²) in [7, 11) is 0. The van der Waals surface area contributed by atoms with Crippen LogP contribution in [0.4, 0.5) is 14.5 Å². The molecule has 0 atom stereocenters. The highest BCUT2D eigenvalue weighted by atomic mass is 79.9. The van der Waals surface area contributed by atoms with E-state index in [0.717, 1.165) is 12.1 Å². The minimum Gasteiger partial charge on any atom is -0.449 e. The Morgan fingerprint density at radius 1 is 1.28 bits per heavy atom. The van der Waals surface area contributed by atoms with Crippen molar-refractivity contribution in [2.75, 3.05) is 5.32 Å². The lowest BCUT2D eigenvalue weighted by Crippen LogP contribution is -2.03. The summed E-state index contributed by atoms with van der Waals surface area (Å²) >= 11 is 2.99. The van der Waals surface area contributed by atoms with Crippen LogP contribution in [-0.4, -0.2) is 0 Å². The molecule has 1 heterocycles. The molecule has 1 aromatic heterocycles. The minimum atomic E-state index is -0.700. The van der Waals surface area contributed by atoms with Crippen LogP contribution < -0.4 is 5.32 Å². The normalized spacial score (nSPS) is 10.1. The Morgan fingerprint density at radius 2 is 1.94 bits per heavy atom. The number of nitrogens with zero attached hydrogens (tertiary/aromatic N) is 1. The number of hydrogen-bond donors (Lipinski definition) is 1. The molecule has 0 spiro atoms. The average Bonchev–Trinajstić information content (AvgIpc) is 2.75. The van der Waals surface area contributed by atoms with E-state index in [4.69, 9.17) is 9.68 Å². The molecule has 0 aliphatic heterocycles. The summed E-state index contributed by atoms with van der Waals surface area (Å²) in [6.45, 7) is 0.0944. The number of rotatable bonds is 3. The second kappa shape index (κ2) is 5.19. The number of halogens is 3. The summed E-state index contributed by atoms with van der Waals surface area (Å²) in [6, 6.07) is 7.21. The third-order valence-corrected chi connectivity index (χ3v) is 2.68. The fourth-order valence-electron chi connectivity index (χ4n) is 1.42. The first kappa shape index (κ1) is 12.6. The van der Waals surface area contributed by atoms with Gasteiger partial charge in [-0.2, -0.15) is 5.26 Å². The van der Waals surface area contributed by atoms with Gasteiger partial charge in [-0.1, -0.05) is 15.9 Å². The number of anilines is 1. The van der Waals surface area contributed by atoms with Crippen LogP contribution in [0.25, 0.3) is 0 Å². The van der Waals surface area contributed by atoms with E-state index in [2.05, 4.69) is 21.2 Å². The Balaban J connectivity index is 2.13. The van der Waals surface area contributed by atoms with Gasteiger partial charge in [-0.25, -0.2) is 8.78 Å². The van der Waals surface area contributed by atoms with E-state index in [1.165, 1.54) is 6.07 Å². The maximum absolute atomic E-state index is 13.5. The Labute approximate surface area is 110 Å². The predicted octanol–water partition coefficient (Wildman–Crippen LogP) is 3.80. The number of hydrogen-bond acceptors (Lipinski definition) is 3. The van der Waals surface area contributed by atoms with Gasteiger partial charge in [0.1, 0.15) is 29.2 Å². The fourth-order valence-corrected chi connectivity index (χ4v) is 1.82. The molecule has 18 heavy (non-hydrogen) atoms. The van der Waals surface area contributed by atoms with Crippen molar-refractivity contribution in [3.8, 4) is 6.07 Å². The van der Waals surface area contributed by atoms with Crippen molar-refractivity contribution < 1.29 is 13.2 Å². The first-order valence-electron chi connectivity index (χ1n) is 4.97. The molecule has 2 aromatic rings. The molecular formula is C12H7BrF2N2O. The Hall–Kier alpha value is -1.87. The number of nitrogens with one attached hydrogen (secondary N) is 1. The number of nitriles is 1. The molecular weight excluding hydrogens is 306 g/mol. The first-order valence-corrected chi connectivity index (χ1v) is 5.76. The highest BCUT2D eigenvalue weighted by Gasteiger charge is 2.11. The van der Waals surface area contributed by atoms with Crippen molar-refractivity contribution >= 4 is 21.6 Å². The second-order valence-electron chi connectivity index (χ2n) is 3.48. The number of furan rings is 1. The van der Waals surface area contributed by atoms with E-state index in [9.17, 15) is 8.78 Å². The lowest BCUT2D eigenvalue weighted by atomic mass is 10.3. The summed E-state index contributed by atoms with van der Waals surface area (Å²) in [5.41, 5.74) is -0.229. The first-order chi connectivity index (χ1) is 8.60. The van der Waals surface area contributed by atoms with Crippen LogP contribution >= 0.6 is 15.9 Å². The van der Waals surface area contributed by atoms with E-state index in [1.807, 2.05) is 6.07 Å². The standard InChI is InChI=1S/C12H7BrF2N2O/c13-7-3-10(14)12(11(15)4-7)17-6-9-2-1-8(5-16)18-9/h1-4,17H,6H2. The lowest BCUT2D eigenvalue weighted by molar-refractivity contribution is 0.504. The van der Waals surface area contributed by atoms with E-state index in [1.54, 1.807) is 6.07 Å². The molecule has 0 saturated heterocycles. The van der Waals surface area contributed by atoms with Crippen LogP contribution in [0, 0.1) is 23.0 Å². The largest absolute Gasteiger partial charge is 0.449 e. The van der Waals surface area contributed by atoms with Crippen molar-refractivity contribution in [3.05, 3.63) is 51.9 Å². The summed E-state index contributed by atoms with van der Waals surface area (Å²) in [5, 5.41) is 11.2. The highest BCUT2D eigenvalue weighted by molar-refractivity contribution is 9.10. The van der Waals surface area contributed by atoms with Gasteiger partial charge in [0.15, 0.2) is 0 Å². The number of benzene rings is 1. The third-order valence-electron chi connectivity index (χ3n) is 2.22. The SMILES string of the molecule is N#Cc1ccc(CNc2c(F)cc(Br)cc2F)o1. The van der Waals surface area contributed by atoms with Crippen LogP contribution in [0.2, 0.25) is 0 Å². The van der Waals surface area contributed by atoms with Crippen molar-refractivity contribution in [2.45, 2.75) is 6.54 Å². The van der Waals surface area contributed by atoms with Crippen molar-refractivity contribution in [2.24, 2.45) is 0 Å². The monoisotopic (exact) mass is 312 g/mol. The van der Waals surface area contributed by atoms with Crippen LogP contribution in [0.15, 0.2) is 33.2 Å². The topological polar surface area (TPSA) is 49.0 Å². The smallest absolute Gasteiger partial charge is 0.203 e. The fraction of sp³-hybridized carbons (Fsp3) is 0.0833. The predicted molar refractivity (Wildman–Crippen MR) is 64.8 cm³/mol. The van der Waals surface area contributed by atoms with Crippen LogP contribution in [0.3, 0.4) is 0 Å². The molecule has 6 heteroatoms. The van der Waals surface area contributed by atoms with Gasteiger partial charge in [0.05, 0.1) is 6.54 Å². The van der Waals surface area contributed by atoms with Crippen molar-refractivity contribution in [3.63, 3.8) is 0 Å². The Morgan fingerprint density at radius 3 is 2.50 bits per heavy atom. The van der Waals surface area contributed by atoms with E-state index in [-0.39, 0.29) is 18.0 Å². The minimum absolute atomic E-state index is 0.0944. The molecule has 0 aliphatic rings. The van der Waals surface area contributed by atoms with Gasteiger partial charge >= 0.3 is 0 Å². The van der Waals surface area contributed by atoms with E-state index in [0.29, 0.717) is 10.2 Å². The van der Waals surface area contributed by atoms with E-state index < -0.39 is 11.6 Å². The molecule has 0 unspecified atom stereocenters. The maximum Gasteiger partial charge on any atom is 0.203 e. The second-order valence-corrected chi connectivity index (χ2v) is 4.39. The summed E-state index contributed by atoms with van der Waals surface area (Å²) in [6.07, 6.45) is 0. The van der Waals surface area contributed by atoms with Gasteiger partial charge in [0.25, 0.3) is 0 Å². The molecule has 2 rings (SSSR count). The quantitative estimate of drug-likeness (QED) is 0.937. The summed E-state index contributed by atoms with van der Waals surface area (Å²) < 4.78 is 32.3. The molecule has 1 N–H and O–H groups in total. The molecule has 1 aromatic carbocycles. The van der Waals surface area contributed by atoms with Gasteiger partial charge < -0.3 is 9.73 Å². The average molecular weight is 313 g/mol. The molecule has 0 aliphatic carbocycles. The summed E-state index contributed by atoms with van der Waals surface area (Å²) in [5.74, 6) is -0.820. The van der Waals surface area contributed by atoms with Crippen LogP contribution in [0.5, 0.6) is 0 Å². The molecule has 0 radical (unpaired) electrons. The van der Waals surface area contributed by atoms with E-state index >= 15 is 0 Å². The van der Waals surface area contributed by atoms with Gasteiger partial charge in [-0.3, -0.25) is 0 Å².